The predicted octanol–water partition coefficient (Wildman–Crippen LogP) is 1.46. The first kappa shape index (κ1) is 19.7. The quantitative estimate of drug-likeness (QED) is 0.641. The number of nitrogens with zero attached hydrogens (tertiary/aromatic N) is 7. The van der Waals surface area contributed by atoms with Gasteiger partial charge in [0.2, 0.25) is 0 Å². The third-order valence-corrected chi connectivity index (χ3v) is 5.27. The van der Waals surface area contributed by atoms with Gasteiger partial charge in [0.25, 0.3) is 0 Å². The molecule has 0 amide bonds. The Morgan fingerprint density at radius 2 is 2.07 bits per heavy atom. The average molecular weight is 397 g/mol. The summed E-state index contributed by atoms with van der Waals surface area (Å²) in [4.78, 5) is 22.2. The Labute approximate surface area is 170 Å². The van der Waals surface area contributed by atoms with Gasteiger partial charge in [0, 0.05) is 45.1 Å². The van der Waals surface area contributed by atoms with E-state index in [4.69, 9.17) is 4.74 Å². The number of anilines is 1. The zero-order chi connectivity index (χ0) is 20.2. The van der Waals surface area contributed by atoms with Gasteiger partial charge in [-0.25, -0.2) is 15.0 Å². The molecule has 0 unspecified atom stereocenters. The van der Waals surface area contributed by atoms with Crippen molar-refractivity contribution in [2.24, 2.45) is 0 Å². The molecule has 1 saturated heterocycles. The van der Waals surface area contributed by atoms with Crippen molar-refractivity contribution < 1.29 is 9.84 Å². The Kier molecular flexibility index (Phi) is 5.98. The minimum Gasteiger partial charge on any atom is -0.394 e. The second-order valence-electron chi connectivity index (χ2n) is 7.14. The number of rotatable bonds is 7. The molecule has 0 saturated carbocycles. The van der Waals surface area contributed by atoms with Crippen LogP contribution in [0.3, 0.4) is 0 Å². The van der Waals surface area contributed by atoms with Crippen LogP contribution < -0.4 is 4.90 Å². The summed E-state index contributed by atoms with van der Waals surface area (Å²) < 4.78 is 8.10. The van der Waals surface area contributed by atoms with Crippen molar-refractivity contribution in [3.63, 3.8) is 0 Å². The molecule has 0 aliphatic carbocycles. The van der Waals surface area contributed by atoms with Crippen molar-refractivity contribution in [2.45, 2.75) is 32.7 Å². The van der Waals surface area contributed by atoms with Crippen molar-refractivity contribution in [2.75, 3.05) is 37.7 Å². The van der Waals surface area contributed by atoms with E-state index in [1.165, 1.54) is 0 Å². The molecule has 4 rings (SSSR count). The molecule has 4 heterocycles. The smallest absolute Gasteiger partial charge is 0.167 e. The summed E-state index contributed by atoms with van der Waals surface area (Å²) in [6.07, 6.45) is 6.42. The fourth-order valence-corrected chi connectivity index (χ4v) is 3.83. The van der Waals surface area contributed by atoms with Crippen LogP contribution >= 0.6 is 0 Å². The molecule has 29 heavy (non-hydrogen) atoms. The highest BCUT2D eigenvalue weighted by atomic mass is 16.5. The zero-order valence-electron chi connectivity index (χ0n) is 16.8. The fourth-order valence-electron chi connectivity index (χ4n) is 3.83. The molecular weight excluding hydrogens is 370 g/mol. The third kappa shape index (κ3) is 4.07. The Bertz CT molecular complexity index is 929. The molecule has 9 nitrogen and oxygen atoms in total. The highest BCUT2D eigenvalue weighted by Gasteiger charge is 2.30. The second kappa shape index (κ2) is 8.81. The van der Waals surface area contributed by atoms with E-state index in [-0.39, 0.29) is 18.9 Å². The summed E-state index contributed by atoms with van der Waals surface area (Å²) in [5.41, 5.74) is 2.64. The van der Waals surface area contributed by atoms with Crippen LogP contribution in [0.25, 0.3) is 11.2 Å². The van der Waals surface area contributed by atoms with E-state index in [9.17, 15) is 5.11 Å². The molecule has 0 spiro atoms. The molecule has 1 fully saturated rings. The standard InChI is InChI=1S/C20H27N7O2/c1-3-26(4-2)19-18-20(23-13-22-19)27(14-24-18)17-11-25(10-16(12-28)29-17)9-15-6-5-7-21-8-15/h5-8,13-14,16-17,28H,3-4,9-12H2,1-2H3/t16-,17+/m0/s1. The van der Waals surface area contributed by atoms with Crippen molar-refractivity contribution in [3.05, 3.63) is 42.7 Å². The van der Waals surface area contributed by atoms with Gasteiger partial charge in [-0.05, 0) is 25.5 Å². The van der Waals surface area contributed by atoms with Crippen LogP contribution in [0.15, 0.2) is 37.2 Å². The van der Waals surface area contributed by atoms with Crippen LogP contribution in [0.2, 0.25) is 0 Å². The van der Waals surface area contributed by atoms with Gasteiger partial charge in [0.05, 0.1) is 19.0 Å². The number of aromatic nitrogens is 5. The number of imidazole rings is 1. The molecular formula is C20H27N7O2. The lowest BCUT2D eigenvalue weighted by Crippen LogP contribution is -2.46. The van der Waals surface area contributed by atoms with E-state index in [1.54, 1.807) is 18.9 Å². The first-order valence-corrected chi connectivity index (χ1v) is 10.0. The van der Waals surface area contributed by atoms with Crippen molar-refractivity contribution in [1.29, 1.82) is 0 Å². The molecule has 0 aromatic carbocycles. The molecule has 0 bridgehead atoms. The van der Waals surface area contributed by atoms with Crippen LogP contribution in [0, 0.1) is 0 Å². The van der Waals surface area contributed by atoms with E-state index < -0.39 is 0 Å². The molecule has 1 aliphatic heterocycles. The van der Waals surface area contributed by atoms with Crippen LogP contribution in [0.5, 0.6) is 0 Å². The number of pyridine rings is 1. The van der Waals surface area contributed by atoms with Gasteiger partial charge in [-0.2, -0.15) is 0 Å². The van der Waals surface area contributed by atoms with Gasteiger partial charge in [-0.3, -0.25) is 14.5 Å². The Morgan fingerprint density at radius 1 is 1.21 bits per heavy atom. The number of ether oxygens (including phenoxy) is 1. The van der Waals surface area contributed by atoms with Crippen molar-refractivity contribution in [3.8, 4) is 0 Å². The van der Waals surface area contributed by atoms with Crippen LogP contribution in [0.4, 0.5) is 5.82 Å². The van der Waals surface area contributed by atoms with Gasteiger partial charge >= 0.3 is 0 Å². The Morgan fingerprint density at radius 3 is 2.79 bits per heavy atom. The van der Waals surface area contributed by atoms with Crippen LogP contribution in [-0.4, -0.2) is 73.4 Å². The normalized spacial score (nSPS) is 20.2. The molecule has 3 aromatic rings. The average Bonchev–Trinajstić information content (AvgIpc) is 3.20. The third-order valence-electron chi connectivity index (χ3n) is 5.27. The second-order valence-corrected chi connectivity index (χ2v) is 7.14. The lowest BCUT2D eigenvalue weighted by molar-refractivity contribution is -0.135. The topological polar surface area (TPSA) is 92.4 Å². The van der Waals surface area contributed by atoms with Gasteiger partial charge in [0.15, 0.2) is 17.0 Å². The summed E-state index contributed by atoms with van der Waals surface area (Å²) in [7, 11) is 0. The highest BCUT2D eigenvalue weighted by Crippen LogP contribution is 2.27. The van der Waals surface area contributed by atoms with Gasteiger partial charge in [0.1, 0.15) is 12.6 Å². The van der Waals surface area contributed by atoms with Crippen LogP contribution in [0.1, 0.15) is 25.6 Å². The van der Waals surface area contributed by atoms with E-state index in [2.05, 4.69) is 49.6 Å². The molecule has 2 atom stereocenters. The van der Waals surface area contributed by atoms with Gasteiger partial charge < -0.3 is 14.7 Å². The number of hydrogen-bond donors (Lipinski definition) is 1. The lowest BCUT2D eigenvalue weighted by atomic mass is 10.2. The van der Waals surface area contributed by atoms with E-state index in [1.807, 2.05) is 16.8 Å². The number of fused-ring (bicyclic) bond motifs is 1. The summed E-state index contributed by atoms with van der Waals surface area (Å²) in [6, 6.07) is 3.99. The maximum Gasteiger partial charge on any atom is 0.167 e. The molecule has 3 aromatic heterocycles. The molecule has 0 radical (unpaired) electrons. The number of morpholine rings is 1. The lowest BCUT2D eigenvalue weighted by Gasteiger charge is -2.37. The first-order chi connectivity index (χ1) is 14.2. The van der Waals surface area contributed by atoms with E-state index in [0.717, 1.165) is 42.2 Å². The van der Waals surface area contributed by atoms with E-state index >= 15 is 0 Å². The molecule has 154 valence electrons. The SMILES string of the molecule is CCN(CC)c1ncnc2c1ncn2[C@H]1CN(Cc2cccnc2)C[C@@H](CO)O1. The van der Waals surface area contributed by atoms with E-state index in [0.29, 0.717) is 13.1 Å². The zero-order valence-corrected chi connectivity index (χ0v) is 16.8. The summed E-state index contributed by atoms with van der Waals surface area (Å²) >= 11 is 0. The van der Waals surface area contributed by atoms with Gasteiger partial charge in [-0.1, -0.05) is 6.07 Å². The first-order valence-electron chi connectivity index (χ1n) is 10.0. The maximum atomic E-state index is 9.76. The van der Waals surface area contributed by atoms with Crippen molar-refractivity contribution >= 4 is 17.0 Å². The predicted molar refractivity (Wildman–Crippen MR) is 109 cm³/mol. The minimum absolute atomic E-state index is 0.0354. The Balaban J connectivity index is 1.62. The Hall–Kier alpha value is -2.62. The fraction of sp³-hybridized carbons (Fsp3) is 0.500. The van der Waals surface area contributed by atoms with Gasteiger partial charge in [-0.15, -0.1) is 0 Å². The molecule has 1 aliphatic rings. The summed E-state index contributed by atoms with van der Waals surface area (Å²) in [5.74, 6) is 0.834. The number of hydrogen-bond acceptors (Lipinski definition) is 8. The van der Waals surface area contributed by atoms with Crippen molar-refractivity contribution in [1.82, 2.24) is 29.4 Å². The molecule has 9 heteroatoms. The number of aliphatic hydroxyl groups excluding tert-OH is 1. The largest absolute Gasteiger partial charge is 0.394 e. The molecule has 1 N–H and O–H groups in total. The minimum atomic E-state index is -0.290. The summed E-state index contributed by atoms with van der Waals surface area (Å²) in [6.45, 7) is 7.93. The maximum absolute atomic E-state index is 9.76. The highest BCUT2D eigenvalue weighted by molar-refractivity contribution is 5.83. The monoisotopic (exact) mass is 397 g/mol. The van der Waals surface area contributed by atoms with Crippen LogP contribution in [-0.2, 0) is 11.3 Å². The summed E-state index contributed by atoms with van der Waals surface area (Å²) in [5, 5.41) is 9.76. The number of aliphatic hydroxyl groups is 1.